The Labute approximate surface area is 110 Å². The Balaban J connectivity index is 2.04. The van der Waals surface area contributed by atoms with Gasteiger partial charge in [0.25, 0.3) is 0 Å². The molecule has 0 amide bonds. The standard InChI is InChI=1S/C14H26N2O2/c1-11(2)14(13(17)18)6-8-16(10-14)12-5-4-7-15(3)9-12/h11-12H,4-10H2,1-3H3,(H,17,18). The average Bonchev–Trinajstić information content (AvgIpc) is 2.75. The third-order valence-electron chi connectivity index (χ3n) is 4.98. The van der Waals surface area contributed by atoms with Gasteiger partial charge in [0, 0.05) is 19.1 Å². The first kappa shape index (κ1) is 13.8. The number of hydrogen-bond acceptors (Lipinski definition) is 3. The predicted molar refractivity (Wildman–Crippen MR) is 71.6 cm³/mol. The van der Waals surface area contributed by atoms with E-state index in [0.717, 1.165) is 26.1 Å². The van der Waals surface area contributed by atoms with Gasteiger partial charge in [-0.05, 0) is 45.3 Å². The van der Waals surface area contributed by atoms with Crippen molar-refractivity contribution < 1.29 is 9.90 Å². The molecule has 2 heterocycles. The maximum Gasteiger partial charge on any atom is 0.311 e. The number of likely N-dealkylation sites (N-methyl/N-ethyl adjacent to an activating group) is 1. The number of likely N-dealkylation sites (tertiary alicyclic amines) is 2. The van der Waals surface area contributed by atoms with Crippen LogP contribution in [0.2, 0.25) is 0 Å². The van der Waals surface area contributed by atoms with E-state index in [1.165, 1.54) is 19.4 Å². The van der Waals surface area contributed by atoms with Gasteiger partial charge in [0.2, 0.25) is 0 Å². The summed E-state index contributed by atoms with van der Waals surface area (Å²) >= 11 is 0. The Bertz CT molecular complexity index is 319. The summed E-state index contributed by atoms with van der Waals surface area (Å²) in [7, 11) is 2.16. The van der Waals surface area contributed by atoms with E-state index in [1.807, 2.05) is 13.8 Å². The summed E-state index contributed by atoms with van der Waals surface area (Å²) in [6, 6.07) is 0.559. The zero-order chi connectivity index (χ0) is 13.3. The summed E-state index contributed by atoms with van der Waals surface area (Å²) < 4.78 is 0. The molecule has 2 fully saturated rings. The molecule has 4 nitrogen and oxygen atoms in total. The van der Waals surface area contributed by atoms with Gasteiger partial charge >= 0.3 is 5.97 Å². The number of carboxylic acid groups (broad SMARTS) is 1. The van der Waals surface area contributed by atoms with E-state index >= 15 is 0 Å². The van der Waals surface area contributed by atoms with Crippen molar-refractivity contribution in [3.8, 4) is 0 Å². The second kappa shape index (κ2) is 5.17. The molecule has 0 bridgehead atoms. The number of nitrogens with zero attached hydrogens (tertiary/aromatic N) is 2. The van der Waals surface area contributed by atoms with Crippen LogP contribution < -0.4 is 0 Å². The second-order valence-corrected chi connectivity index (χ2v) is 6.39. The smallest absolute Gasteiger partial charge is 0.311 e. The molecule has 0 aliphatic carbocycles. The van der Waals surface area contributed by atoms with E-state index in [2.05, 4.69) is 16.8 Å². The second-order valence-electron chi connectivity index (χ2n) is 6.39. The lowest BCUT2D eigenvalue weighted by Gasteiger charge is -2.37. The van der Waals surface area contributed by atoms with Crippen LogP contribution in [0.3, 0.4) is 0 Å². The van der Waals surface area contributed by atoms with E-state index < -0.39 is 11.4 Å². The Morgan fingerprint density at radius 2 is 2.11 bits per heavy atom. The molecule has 0 spiro atoms. The fraction of sp³-hybridized carbons (Fsp3) is 0.929. The zero-order valence-electron chi connectivity index (χ0n) is 11.9. The van der Waals surface area contributed by atoms with Gasteiger partial charge in [-0.1, -0.05) is 13.8 Å². The van der Waals surface area contributed by atoms with Crippen LogP contribution in [0.25, 0.3) is 0 Å². The van der Waals surface area contributed by atoms with Crippen LogP contribution in [0.5, 0.6) is 0 Å². The first-order valence-electron chi connectivity index (χ1n) is 7.12. The molecule has 0 aromatic heterocycles. The van der Waals surface area contributed by atoms with E-state index in [-0.39, 0.29) is 5.92 Å². The van der Waals surface area contributed by atoms with Crippen molar-refractivity contribution in [3.05, 3.63) is 0 Å². The predicted octanol–water partition coefficient (Wildman–Crippen LogP) is 1.51. The molecule has 2 aliphatic heterocycles. The normalized spacial score (nSPS) is 35.2. The van der Waals surface area contributed by atoms with Crippen molar-refractivity contribution in [2.24, 2.45) is 11.3 Å². The van der Waals surface area contributed by atoms with Crippen LogP contribution >= 0.6 is 0 Å². The number of carbonyl (C=O) groups is 1. The van der Waals surface area contributed by atoms with Crippen LogP contribution in [-0.4, -0.2) is 60.1 Å². The fourth-order valence-electron chi connectivity index (χ4n) is 3.51. The largest absolute Gasteiger partial charge is 0.481 e. The van der Waals surface area contributed by atoms with Crippen molar-refractivity contribution in [1.29, 1.82) is 0 Å². The van der Waals surface area contributed by atoms with Gasteiger partial charge in [0.05, 0.1) is 5.41 Å². The maximum atomic E-state index is 11.6. The summed E-state index contributed by atoms with van der Waals surface area (Å²) in [6.07, 6.45) is 3.26. The Morgan fingerprint density at radius 3 is 2.61 bits per heavy atom. The summed E-state index contributed by atoms with van der Waals surface area (Å²) in [6.45, 7) is 8.04. The molecule has 1 N–H and O–H groups in total. The van der Waals surface area contributed by atoms with Crippen LogP contribution in [0.15, 0.2) is 0 Å². The number of carboxylic acids is 1. The van der Waals surface area contributed by atoms with Gasteiger partial charge in [-0.15, -0.1) is 0 Å². The minimum atomic E-state index is -0.607. The quantitative estimate of drug-likeness (QED) is 0.829. The summed E-state index contributed by atoms with van der Waals surface area (Å²) in [5, 5.41) is 9.57. The molecular weight excluding hydrogens is 228 g/mol. The summed E-state index contributed by atoms with van der Waals surface area (Å²) in [5.74, 6) is -0.398. The Kier molecular flexibility index (Phi) is 3.97. The SMILES string of the molecule is CC(C)C1(C(=O)O)CCN(C2CCCN(C)C2)C1. The topological polar surface area (TPSA) is 43.8 Å². The molecule has 2 saturated heterocycles. The monoisotopic (exact) mass is 254 g/mol. The number of hydrogen-bond donors (Lipinski definition) is 1. The Hall–Kier alpha value is -0.610. The molecule has 2 atom stereocenters. The molecule has 104 valence electrons. The summed E-state index contributed by atoms with van der Waals surface area (Å²) in [4.78, 5) is 16.4. The van der Waals surface area contributed by atoms with E-state index in [9.17, 15) is 9.90 Å². The third-order valence-corrected chi connectivity index (χ3v) is 4.98. The highest BCUT2D eigenvalue weighted by atomic mass is 16.4. The third kappa shape index (κ3) is 2.41. The molecule has 0 saturated carbocycles. The number of piperidine rings is 1. The van der Waals surface area contributed by atoms with Gasteiger partial charge < -0.3 is 10.0 Å². The molecule has 4 heteroatoms. The molecule has 0 aromatic rings. The van der Waals surface area contributed by atoms with Crippen molar-refractivity contribution in [3.63, 3.8) is 0 Å². The number of aliphatic carboxylic acids is 1. The van der Waals surface area contributed by atoms with Crippen LogP contribution in [-0.2, 0) is 4.79 Å². The highest BCUT2D eigenvalue weighted by Crippen LogP contribution is 2.39. The van der Waals surface area contributed by atoms with Crippen molar-refractivity contribution in [2.45, 2.75) is 39.2 Å². The Morgan fingerprint density at radius 1 is 1.39 bits per heavy atom. The minimum Gasteiger partial charge on any atom is -0.481 e. The minimum absolute atomic E-state index is 0.210. The molecule has 2 aliphatic rings. The molecule has 2 rings (SSSR count). The van der Waals surface area contributed by atoms with Crippen LogP contribution in [0, 0.1) is 11.3 Å². The molecule has 18 heavy (non-hydrogen) atoms. The van der Waals surface area contributed by atoms with E-state index in [0.29, 0.717) is 6.04 Å². The van der Waals surface area contributed by atoms with E-state index in [1.54, 1.807) is 0 Å². The zero-order valence-corrected chi connectivity index (χ0v) is 11.9. The van der Waals surface area contributed by atoms with Gasteiger partial charge in [-0.25, -0.2) is 0 Å². The molecule has 0 aromatic carbocycles. The highest BCUT2D eigenvalue weighted by molar-refractivity contribution is 5.75. The van der Waals surface area contributed by atoms with E-state index in [4.69, 9.17) is 0 Å². The molecule has 0 radical (unpaired) electrons. The molecule has 2 unspecified atom stereocenters. The highest BCUT2D eigenvalue weighted by Gasteiger charge is 2.48. The maximum absolute atomic E-state index is 11.6. The van der Waals surface area contributed by atoms with Crippen molar-refractivity contribution in [2.75, 3.05) is 33.2 Å². The van der Waals surface area contributed by atoms with Crippen molar-refractivity contribution >= 4 is 5.97 Å². The lowest BCUT2D eigenvalue weighted by Crippen LogP contribution is -2.48. The van der Waals surface area contributed by atoms with Gasteiger partial charge in [0.15, 0.2) is 0 Å². The fourth-order valence-corrected chi connectivity index (χ4v) is 3.51. The van der Waals surface area contributed by atoms with Gasteiger partial charge in [-0.3, -0.25) is 9.69 Å². The van der Waals surface area contributed by atoms with Gasteiger partial charge in [-0.2, -0.15) is 0 Å². The lowest BCUT2D eigenvalue weighted by atomic mass is 9.76. The number of rotatable bonds is 3. The average molecular weight is 254 g/mol. The first-order valence-corrected chi connectivity index (χ1v) is 7.12. The first-order chi connectivity index (χ1) is 8.45. The van der Waals surface area contributed by atoms with Crippen LogP contribution in [0.4, 0.5) is 0 Å². The van der Waals surface area contributed by atoms with Crippen molar-refractivity contribution in [1.82, 2.24) is 9.80 Å². The van der Waals surface area contributed by atoms with Crippen LogP contribution in [0.1, 0.15) is 33.1 Å². The van der Waals surface area contributed by atoms with Gasteiger partial charge in [0.1, 0.15) is 0 Å². The summed E-state index contributed by atoms with van der Waals surface area (Å²) in [5.41, 5.74) is -0.518. The molecular formula is C14H26N2O2. The lowest BCUT2D eigenvalue weighted by molar-refractivity contribution is -0.151.